The van der Waals surface area contributed by atoms with E-state index >= 15 is 0 Å². The number of nitrogens with zero attached hydrogens (tertiary/aromatic N) is 5. The van der Waals surface area contributed by atoms with Gasteiger partial charge in [-0.2, -0.15) is 4.68 Å². The van der Waals surface area contributed by atoms with Crippen LogP contribution in [0.2, 0.25) is 0 Å². The van der Waals surface area contributed by atoms with Crippen molar-refractivity contribution in [1.29, 1.82) is 0 Å². The maximum absolute atomic E-state index is 12.1. The van der Waals surface area contributed by atoms with Gasteiger partial charge in [-0.05, 0) is 53.7 Å². The molecule has 0 bridgehead atoms. The summed E-state index contributed by atoms with van der Waals surface area (Å²) < 4.78 is 18.7. The Labute approximate surface area is 200 Å². The number of carbonyl (C=O) groups is 2. The molecule has 182 valence electrons. The number of ether oxygens (including phenoxy) is 3. The normalized spacial score (nSPS) is 16.6. The maximum Gasteiger partial charge on any atom is 0.303 e. The Morgan fingerprint density at radius 1 is 1.26 bits per heavy atom. The fourth-order valence-electron chi connectivity index (χ4n) is 4.47. The minimum Gasteiger partial charge on any atom is -0.492 e. The number of tetrazole rings is 1. The molecule has 0 unspecified atom stereocenters. The Bertz CT molecular complexity index is 1290. The molecule has 0 fully saturated rings. The van der Waals surface area contributed by atoms with Crippen molar-refractivity contribution < 1.29 is 28.9 Å². The molecule has 5 rings (SSSR count). The van der Waals surface area contributed by atoms with E-state index in [1.807, 2.05) is 19.2 Å². The number of hydrogen-bond acceptors (Lipinski definition) is 9. The molecular formula is C23H24N6O6. The van der Waals surface area contributed by atoms with E-state index in [2.05, 4.69) is 25.7 Å². The Morgan fingerprint density at radius 2 is 2.11 bits per heavy atom. The zero-order chi connectivity index (χ0) is 24.5. The number of amides is 1. The summed E-state index contributed by atoms with van der Waals surface area (Å²) in [5, 5.41) is 24.0. The van der Waals surface area contributed by atoms with Gasteiger partial charge < -0.3 is 24.6 Å². The van der Waals surface area contributed by atoms with Gasteiger partial charge in [-0.15, -0.1) is 5.10 Å². The monoisotopic (exact) mass is 480 g/mol. The van der Waals surface area contributed by atoms with Crippen molar-refractivity contribution in [1.82, 2.24) is 25.1 Å². The molecular weight excluding hydrogens is 456 g/mol. The third-order valence-corrected chi connectivity index (χ3v) is 6.07. The van der Waals surface area contributed by atoms with Crippen LogP contribution in [-0.2, 0) is 16.0 Å². The van der Waals surface area contributed by atoms with Crippen molar-refractivity contribution in [2.45, 2.75) is 25.3 Å². The van der Waals surface area contributed by atoms with Crippen molar-refractivity contribution in [3.63, 3.8) is 0 Å². The highest BCUT2D eigenvalue weighted by Gasteiger charge is 2.37. The number of nitrogens with one attached hydrogen (secondary N) is 1. The second-order valence-corrected chi connectivity index (χ2v) is 8.29. The second kappa shape index (κ2) is 9.22. The Morgan fingerprint density at radius 3 is 2.91 bits per heavy atom. The van der Waals surface area contributed by atoms with Crippen molar-refractivity contribution in [2.75, 3.05) is 32.8 Å². The fraction of sp³-hybridized carbons (Fsp3) is 0.348. The van der Waals surface area contributed by atoms with Gasteiger partial charge in [0.2, 0.25) is 18.4 Å². The number of rotatable bonds is 7. The molecule has 2 aliphatic rings. The van der Waals surface area contributed by atoms with Gasteiger partial charge in [-0.25, -0.2) is 0 Å². The van der Waals surface area contributed by atoms with Crippen LogP contribution in [0.5, 0.6) is 17.2 Å². The summed E-state index contributed by atoms with van der Waals surface area (Å²) >= 11 is 0. The van der Waals surface area contributed by atoms with Gasteiger partial charge in [0.05, 0.1) is 19.2 Å². The number of hydrogen-bond donors (Lipinski definition) is 2. The number of aromatic nitrogens is 4. The maximum atomic E-state index is 12.1. The van der Waals surface area contributed by atoms with E-state index in [-0.39, 0.29) is 31.6 Å². The highest BCUT2D eigenvalue weighted by Crippen LogP contribution is 2.50. The second-order valence-electron chi connectivity index (χ2n) is 8.29. The number of carboxylic acids is 1. The Kier molecular flexibility index (Phi) is 5.95. The average molecular weight is 480 g/mol. The van der Waals surface area contributed by atoms with E-state index in [0.717, 1.165) is 24.1 Å². The molecule has 1 atom stereocenters. The Hall–Kier alpha value is -4.19. The molecule has 0 aliphatic carbocycles. The van der Waals surface area contributed by atoms with Crippen LogP contribution in [0.4, 0.5) is 5.69 Å². The van der Waals surface area contributed by atoms with Crippen molar-refractivity contribution in [3.05, 3.63) is 47.3 Å². The molecule has 3 aromatic rings. The van der Waals surface area contributed by atoms with E-state index in [1.54, 1.807) is 30.0 Å². The van der Waals surface area contributed by atoms with Gasteiger partial charge in [0.1, 0.15) is 6.04 Å². The summed E-state index contributed by atoms with van der Waals surface area (Å²) in [6, 6.07) is 8.71. The van der Waals surface area contributed by atoms with Crippen LogP contribution in [0.25, 0.3) is 5.69 Å². The molecule has 2 aliphatic heterocycles. The summed E-state index contributed by atoms with van der Waals surface area (Å²) in [5.41, 5.74) is 3.14. The SMILES string of the molecule is COc1c2c(cc3c1[C@H](c1nnnn1-c1cccc(NC(=O)CCC(=O)O)c1)N(C)CC3)OCO2. The molecule has 2 aromatic carbocycles. The number of fused-ring (bicyclic) bond motifs is 2. The average Bonchev–Trinajstić information content (AvgIpc) is 3.51. The third-order valence-electron chi connectivity index (χ3n) is 6.07. The van der Waals surface area contributed by atoms with Gasteiger partial charge in [0, 0.05) is 24.2 Å². The molecule has 2 N–H and O–H groups in total. The molecule has 35 heavy (non-hydrogen) atoms. The van der Waals surface area contributed by atoms with Crippen LogP contribution in [0.15, 0.2) is 30.3 Å². The first-order valence-corrected chi connectivity index (χ1v) is 11.1. The lowest BCUT2D eigenvalue weighted by molar-refractivity contribution is -0.138. The zero-order valence-corrected chi connectivity index (χ0v) is 19.2. The van der Waals surface area contributed by atoms with Gasteiger partial charge in [0.15, 0.2) is 17.3 Å². The van der Waals surface area contributed by atoms with Gasteiger partial charge >= 0.3 is 5.97 Å². The van der Waals surface area contributed by atoms with E-state index in [1.165, 1.54) is 0 Å². The van der Waals surface area contributed by atoms with Crippen molar-refractivity contribution in [3.8, 4) is 22.9 Å². The van der Waals surface area contributed by atoms with E-state index in [0.29, 0.717) is 34.4 Å². The van der Waals surface area contributed by atoms with E-state index in [9.17, 15) is 9.59 Å². The molecule has 12 nitrogen and oxygen atoms in total. The van der Waals surface area contributed by atoms with Crippen molar-refractivity contribution in [2.24, 2.45) is 0 Å². The smallest absolute Gasteiger partial charge is 0.303 e. The van der Waals surface area contributed by atoms with Crippen LogP contribution in [0, 0.1) is 0 Å². The van der Waals surface area contributed by atoms with Gasteiger partial charge in [-0.3, -0.25) is 14.5 Å². The van der Waals surface area contributed by atoms with Crippen LogP contribution in [-0.4, -0.2) is 69.6 Å². The number of likely N-dealkylation sites (N-methyl/N-ethyl adjacent to an activating group) is 1. The van der Waals surface area contributed by atoms with Crippen LogP contribution in [0.1, 0.15) is 35.8 Å². The molecule has 1 amide bonds. The molecule has 12 heteroatoms. The summed E-state index contributed by atoms with van der Waals surface area (Å²) in [5.74, 6) is 0.984. The molecule has 3 heterocycles. The minimum absolute atomic E-state index is 0.116. The fourth-order valence-corrected chi connectivity index (χ4v) is 4.47. The number of aliphatic carboxylic acids is 1. The number of carboxylic acid groups (broad SMARTS) is 1. The summed E-state index contributed by atoms with van der Waals surface area (Å²) in [7, 11) is 3.60. The quantitative estimate of drug-likeness (QED) is 0.514. The lowest BCUT2D eigenvalue weighted by Crippen LogP contribution is -2.35. The Balaban J connectivity index is 1.51. The summed E-state index contributed by atoms with van der Waals surface area (Å²) in [6.07, 6.45) is 0.445. The third kappa shape index (κ3) is 4.23. The first kappa shape index (κ1) is 22.6. The van der Waals surface area contributed by atoms with E-state index in [4.69, 9.17) is 19.3 Å². The lowest BCUT2D eigenvalue weighted by Gasteiger charge is -2.34. The van der Waals surface area contributed by atoms with Gasteiger partial charge in [-0.1, -0.05) is 6.07 Å². The highest BCUT2D eigenvalue weighted by molar-refractivity contribution is 5.92. The standard InChI is InChI=1S/C23H24N6O6/c1-28-9-8-13-10-16-21(35-12-34-16)22(33-2)19(13)20(28)23-25-26-27-29(23)15-5-3-4-14(11-15)24-17(30)6-7-18(31)32/h3-5,10-11,20H,6-9,12H2,1-2H3,(H,24,30)(H,31,32)/t20-/m1/s1. The largest absolute Gasteiger partial charge is 0.492 e. The predicted octanol–water partition coefficient (Wildman–Crippen LogP) is 1.78. The van der Waals surface area contributed by atoms with Crippen LogP contribution in [0.3, 0.4) is 0 Å². The molecule has 0 radical (unpaired) electrons. The molecule has 0 saturated heterocycles. The lowest BCUT2D eigenvalue weighted by atomic mass is 9.90. The number of anilines is 1. The number of methoxy groups -OCH3 is 1. The molecule has 1 aromatic heterocycles. The highest BCUT2D eigenvalue weighted by atomic mass is 16.7. The van der Waals surface area contributed by atoms with Crippen molar-refractivity contribution >= 4 is 17.6 Å². The number of benzene rings is 2. The molecule has 0 saturated carbocycles. The zero-order valence-electron chi connectivity index (χ0n) is 19.2. The van der Waals surface area contributed by atoms with Crippen LogP contribution < -0.4 is 19.5 Å². The predicted molar refractivity (Wildman–Crippen MR) is 122 cm³/mol. The van der Waals surface area contributed by atoms with Gasteiger partial charge in [0.25, 0.3) is 0 Å². The van der Waals surface area contributed by atoms with E-state index < -0.39 is 5.97 Å². The first-order valence-electron chi connectivity index (χ1n) is 11.1. The topological polar surface area (TPSA) is 141 Å². The molecule has 0 spiro atoms. The number of carbonyl (C=O) groups excluding carboxylic acids is 1. The minimum atomic E-state index is -1.03. The summed E-state index contributed by atoms with van der Waals surface area (Å²) in [4.78, 5) is 25.0. The summed E-state index contributed by atoms with van der Waals surface area (Å²) in [6.45, 7) is 0.908. The van der Waals surface area contributed by atoms with Crippen LogP contribution >= 0.6 is 0 Å². The first-order chi connectivity index (χ1) is 17.0.